The van der Waals surface area contributed by atoms with Gasteiger partial charge in [-0.05, 0) is 0 Å². The summed E-state index contributed by atoms with van der Waals surface area (Å²) in [5.41, 5.74) is 3.71. The van der Waals surface area contributed by atoms with Crippen LogP contribution in [0.15, 0.2) is 30.3 Å². The number of nitriles is 1. The van der Waals surface area contributed by atoms with Gasteiger partial charge in [-0.2, -0.15) is 18.4 Å². The summed E-state index contributed by atoms with van der Waals surface area (Å²) in [5, 5.41) is 8.71. The summed E-state index contributed by atoms with van der Waals surface area (Å²) in [6.07, 6.45) is -4.76. The molecule has 0 saturated carbocycles. The molecule has 4 nitrogen and oxygen atoms in total. The molecule has 0 saturated heterocycles. The molecule has 2 aromatic rings. The van der Waals surface area contributed by atoms with Crippen molar-refractivity contribution >= 4 is 5.82 Å². The van der Waals surface area contributed by atoms with Crippen molar-refractivity contribution in [3.63, 3.8) is 0 Å². The van der Waals surface area contributed by atoms with Crippen LogP contribution >= 0.6 is 0 Å². The first-order valence-corrected chi connectivity index (χ1v) is 5.13. The number of alkyl halides is 3. The number of nitrogens with two attached hydrogens (primary N) is 1. The lowest BCUT2D eigenvalue weighted by Gasteiger charge is -2.11. The van der Waals surface area contributed by atoms with Crippen LogP contribution in [0.3, 0.4) is 0 Å². The van der Waals surface area contributed by atoms with Crippen molar-refractivity contribution in [3.05, 3.63) is 41.6 Å². The Kier molecular flexibility index (Phi) is 3.09. The molecule has 0 aliphatic rings. The van der Waals surface area contributed by atoms with Crippen molar-refractivity contribution in [3.8, 4) is 17.5 Å². The van der Waals surface area contributed by atoms with Gasteiger partial charge >= 0.3 is 6.18 Å². The van der Waals surface area contributed by atoms with Gasteiger partial charge in [0.1, 0.15) is 17.5 Å². The van der Waals surface area contributed by atoms with Crippen molar-refractivity contribution in [2.45, 2.75) is 6.18 Å². The lowest BCUT2D eigenvalue weighted by atomic mass is 10.1. The summed E-state index contributed by atoms with van der Waals surface area (Å²) in [6, 6.07) is 9.48. The van der Waals surface area contributed by atoms with E-state index in [4.69, 9.17) is 11.0 Å². The van der Waals surface area contributed by atoms with Crippen molar-refractivity contribution < 1.29 is 13.2 Å². The molecule has 0 radical (unpaired) electrons. The standard InChI is InChI=1S/C12H7F3N4/c13-12(14,15)9-8(6-16)10(17)19-11(18-9)7-4-2-1-3-5-7/h1-5H,(H2,17,18,19). The van der Waals surface area contributed by atoms with Crippen LogP contribution in [-0.4, -0.2) is 9.97 Å². The van der Waals surface area contributed by atoms with E-state index in [9.17, 15) is 13.2 Å². The van der Waals surface area contributed by atoms with E-state index in [1.54, 1.807) is 30.3 Å². The average Bonchev–Trinajstić information content (AvgIpc) is 2.37. The number of hydrogen-bond donors (Lipinski definition) is 1. The third kappa shape index (κ3) is 2.47. The maximum absolute atomic E-state index is 12.8. The quantitative estimate of drug-likeness (QED) is 0.859. The molecule has 0 aliphatic heterocycles. The first-order valence-electron chi connectivity index (χ1n) is 5.13. The smallest absolute Gasteiger partial charge is 0.382 e. The van der Waals surface area contributed by atoms with Gasteiger partial charge in [-0.3, -0.25) is 0 Å². The Bertz CT molecular complexity index is 645. The van der Waals surface area contributed by atoms with E-state index in [2.05, 4.69) is 9.97 Å². The van der Waals surface area contributed by atoms with Gasteiger partial charge in [0.25, 0.3) is 0 Å². The van der Waals surface area contributed by atoms with Gasteiger partial charge in [0.15, 0.2) is 11.5 Å². The SMILES string of the molecule is N#Cc1c(N)nc(-c2ccccc2)nc1C(F)(F)F. The largest absolute Gasteiger partial charge is 0.434 e. The van der Waals surface area contributed by atoms with E-state index in [0.29, 0.717) is 5.56 Å². The summed E-state index contributed by atoms with van der Waals surface area (Å²) in [5.74, 6) is -0.645. The fourth-order valence-corrected chi connectivity index (χ4v) is 1.51. The molecule has 0 fully saturated rings. The fraction of sp³-hybridized carbons (Fsp3) is 0.0833. The summed E-state index contributed by atoms with van der Waals surface area (Å²) in [4.78, 5) is 7.14. The molecular formula is C12H7F3N4. The molecule has 1 aromatic carbocycles. The molecule has 1 aromatic heterocycles. The first-order chi connectivity index (χ1) is 8.93. The van der Waals surface area contributed by atoms with Crippen LogP contribution in [0.5, 0.6) is 0 Å². The van der Waals surface area contributed by atoms with E-state index < -0.39 is 23.3 Å². The molecule has 1 heterocycles. The number of nitrogens with zero attached hydrogens (tertiary/aromatic N) is 3. The van der Waals surface area contributed by atoms with Gasteiger partial charge in [0.05, 0.1) is 0 Å². The topological polar surface area (TPSA) is 75.6 Å². The minimum Gasteiger partial charge on any atom is -0.382 e. The average molecular weight is 264 g/mol. The van der Waals surface area contributed by atoms with E-state index in [1.807, 2.05) is 0 Å². The number of benzene rings is 1. The number of hydrogen-bond acceptors (Lipinski definition) is 4. The molecule has 0 spiro atoms. The predicted octanol–water partition coefficient (Wildman–Crippen LogP) is 2.62. The Hall–Kier alpha value is -2.62. The molecule has 19 heavy (non-hydrogen) atoms. The normalized spacial score (nSPS) is 11.1. The minimum atomic E-state index is -4.76. The van der Waals surface area contributed by atoms with Gasteiger partial charge in [0.2, 0.25) is 0 Å². The van der Waals surface area contributed by atoms with Gasteiger partial charge in [-0.15, -0.1) is 0 Å². The number of anilines is 1. The predicted molar refractivity (Wildman–Crippen MR) is 61.6 cm³/mol. The highest BCUT2D eigenvalue weighted by Gasteiger charge is 2.37. The third-order valence-electron chi connectivity index (χ3n) is 2.35. The lowest BCUT2D eigenvalue weighted by Crippen LogP contribution is -2.15. The Morgan fingerprint density at radius 3 is 2.26 bits per heavy atom. The van der Waals surface area contributed by atoms with Crippen LogP contribution in [0.2, 0.25) is 0 Å². The number of aromatic nitrogens is 2. The van der Waals surface area contributed by atoms with Gasteiger partial charge < -0.3 is 5.73 Å². The summed E-state index contributed by atoms with van der Waals surface area (Å²) >= 11 is 0. The second-order valence-corrected chi connectivity index (χ2v) is 3.63. The molecule has 0 aliphatic carbocycles. The molecule has 96 valence electrons. The highest BCUT2D eigenvalue weighted by molar-refractivity contribution is 5.61. The van der Waals surface area contributed by atoms with Crippen molar-refractivity contribution in [1.82, 2.24) is 9.97 Å². The molecular weight excluding hydrogens is 257 g/mol. The highest BCUT2D eigenvalue weighted by atomic mass is 19.4. The van der Waals surface area contributed by atoms with Crippen LogP contribution in [0.4, 0.5) is 19.0 Å². The zero-order valence-corrected chi connectivity index (χ0v) is 9.44. The van der Waals surface area contributed by atoms with Crippen LogP contribution in [0.25, 0.3) is 11.4 Å². The Morgan fingerprint density at radius 1 is 1.11 bits per heavy atom. The van der Waals surface area contributed by atoms with Crippen LogP contribution in [0.1, 0.15) is 11.3 Å². The van der Waals surface area contributed by atoms with E-state index >= 15 is 0 Å². The Morgan fingerprint density at radius 2 is 1.74 bits per heavy atom. The Balaban J connectivity index is 2.69. The summed E-state index contributed by atoms with van der Waals surface area (Å²) < 4.78 is 38.4. The number of halogens is 3. The zero-order valence-electron chi connectivity index (χ0n) is 9.44. The van der Waals surface area contributed by atoms with Crippen molar-refractivity contribution in [2.24, 2.45) is 0 Å². The second-order valence-electron chi connectivity index (χ2n) is 3.63. The van der Waals surface area contributed by atoms with E-state index in [1.165, 1.54) is 6.07 Å². The van der Waals surface area contributed by atoms with E-state index in [-0.39, 0.29) is 5.82 Å². The molecule has 0 amide bonds. The summed E-state index contributed by atoms with van der Waals surface area (Å²) in [7, 11) is 0. The van der Waals surface area contributed by atoms with Gasteiger partial charge in [0, 0.05) is 5.56 Å². The molecule has 7 heteroatoms. The summed E-state index contributed by atoms with van der Waals surface area (Å²) in [6.45, 7) is 0. The Labute approximate surface area is 106 Å². The monoisotopic (exact) mass is 264 g/mol. The lowest BCUT2D eigenvalue weighted by molar-refractivity contribution is -0.141. The maximum Gasteiger partial charge on any atom is 0.434 e. The maximum atomic E-state index is 12.8. The first kappa shape index (κ1) is 12.8. The van der Waals surface area contributed by atoms with Crippen LogP contribution in [-0.2, 0) is 6.18 Å². The molecule has 0 bridgehead atoms. The van der Waals surface area contributed by atoms with Crippen molar-refractivity contribution in [1.29, 1.82) is 5.26 Å². The minimum absolute atomic E-state index is 0.163. The van der Waals surface area contributed by atoms with E-state index in [0.717, 1.165) is 0 Å². The molecule has 0 unspecified atom stereocenters. The van der Waals surface area contributed by atoms with Crippen LogP contribution in [0, 0.1) is 11.3 Å². The third-order valence-corrected chi connectivity index (χ3v) is 2.35. The van der Waals surface area contributed by atoms with Crippen LogP contribution < -0.4 is 5.73 Å². The zero-order chi connectivity index (χ0) is 14.0. The highest BCUT2D eigenvalue weighted by Crippen LogP contribution is 2.33. The molecule has 2 N–H and O–H groups in total. The number of rotatable bonds is 1. The van der Waals surface area contributed by atoms with Gasteiger partial charge in [-0.25, -0.2) is 9.97 Å². The second kappa shape index (κ2) is 4.57. The fourth-order valence-electron chi connectivity index (χ4n) is 1.51. The molecule has 0 atom stereocenters. The van der Waals surface area contributed by atoms with Gasteiger partial charge in [-0.1, -0.05) is 30.3 Å². The number of nitrogen functional groups attached to an aromatic ring is 1. The van der Waals surface area contributed by atoms with Crippen molar-refractivity contribution in [2.75, 3.05) is 5.73 Å². The molecule has 2 rings (SSSR count).